The Morgan fingerprint density at radius 2 is 2.04 bits per heavy atom. The van der Waals surface area contributed by atoms with E-state index in [1.54, 1.807) is 17.5 Å². The Kier molecular flexibility index (Phi) is 4.53. The van der Waals surface area contributed by atoms with Crippen LogP contribution < -0.4 is 5.32 Å². The number of carbonyl (C=O) groups is 2. The lowest BCUT2D eigenvalue weighted by Gasteiger charge is -2.28. The van der Waals surface area contributed by atoms with Crippen molar-refractivity contribution in [1.82, 2.24) is 9.88 Å². The van der Waals surface area contributed by atoms with E-state index in [0.717, 1.165) is 13.0 Å². The summed E-state index contributed by atoms with van der Waals surface area (Å²) in [7, 11) is 0. The van der Waals surface area contributed by atoms with Crippen molar-refractivity contribution in [3.8, 4) is 0 Å². The normalized spacial score (nSPS) is 13.3. The van der Waals surface area contributed by atoms with E-state index in [9.17, 15) is 9.59 Å². The quantitative estimate of drug-likeness (QED) is 0.769. The summed E-state index contributed by atoms with van der Waals surface area (Å²) in [6.07, 6.45) is 2.55. The molecule has 1 aliphatic rings. The molecule has 0 saturated heterocycles. The molecular weight excluding hydrogens is 350 g/mol. The van der Waals surface area contributed by atoms with Gasteiger partial charge in [0.2, 0.25) is 5.91 Å². The third-order valence-electron chi connectivity index (χ3n) is 4.33. The van der Waals surface area contributed by atoms with Crippen LogP contribution in [0.3, 0.4) is 0 Å². The molecule has 0 bridgehead atoms. The highest BCUT2D eigenvalue weighted by atomic mass is 32.1. The number of aromatic nitrogens is 1. The summed E-state index contributed by atoms with van der Waals surface area (Å²) < 4.78 is 5.05. The molecule has 132 valence electrons. The molecule has 0 unspecified atom stereocenters. The number of hydrogen-bond acceptors (Lipinski definition) is 5. The van der Waals surface area contributed by atoms with Gasteiger partial charge < -0.3 is 9.32 Å². The molecule has 2 amide bonds. The maximum atomic E-state index is 12.6. The number of anilines is 1. The highest BCUT2D eigenvalue weighted by Gasteiger charge is 2.21. The predicted molar refractivity (Wildman–Crippen MR) is 98.0 cm³/mol. The number of rotatable bonds is 4. The molecule has 6 nitrogen and oxygen atoms in total. The molecule has 0 atom stereocenters. The number of hydrogen-bond donors (Lipinski definition) is 1. The predicted octanol–water partition coefficient (Wildman–Crippen LogP) is 3.12. The highest BCUT2D eigenvalue weighted by molar-refractivity contribution is 7.14. The van der Waals surface area contributed by atoms with E-state index < -0.39 is 0 Å². The molecule has 0 saturated carbocycles. The van der Waals surface area contributed by atoms with Crippen molar-refractivity contribution in [2.24, 2.45) is 0 Å². The average Bonchev–Trinajstić information content (AvgIpc) is 3.33. The van der Waals surface area contributed by atoms with Gasteiger partial charge >= 0.3 is 0 Å². The van der Waals surface area contributed by atoms with Crippen LogP contribution in [0, 0.1) is 0 Å². The second-order valence-electron chi connectivity index (χ2n) is 6.09. The van der Waals surface area contributed by atoms with E-state index in [-0.39, 0.29) is 24.0 Å². The lowest BCUT2D eigenvalue weighted by atomic mass is 10.00. The molecule has 1 aromatic carbocycles. The number of fused-ring (bicyclic) bond motifs is 1. The maximum Gasteiger partial charge on any atom is 0.293 e. The standard InChI is InChI=1S/C19H17N3O3S/c23-17(22-8-7-13-4-1-2-5-14(13)11-22)10-15-12-26-19(20-15)21-18(24)16-6-3-9-25-16/h1-6,9,12H,7-8,10-11H2,(H,20,21,24). The van der Waals surface area contributed by atoms with Crippen LogP contribution in [0.5, 0.6) is 0 Å². The summed E-state index contributed by atoms with van der Waals surface area (Å²) in [5.74, 6) is -0.0756. The Balaban J connectivity index is 1.37. The second-order valence-corrected chi connectivity index (χ2v) is 6.94. The number of amides is 2. The third-order valence-corrected chi connectivity index (χ3v) is 5.14. The van der Waals surface area contributed by atoms with Gasteiger partial charge in [-0.25, -0.2) is 4.98 Å². The van der Waals surface area contributed by atoms with Gasteiger partial charge in [-0.05, 0) is 29.7 Å². The molecule has 0 fully saturated rings. The van der Waals surface area contributed by atoms with Gasteiger partial charge in [-0.2, -0.15) is 0 Å². The van der Waals surface area contributed by atoms with Gasteiger partial charge in [0, 0.05) is 18.5 Å². The fourth-order valence-corrected chi connectivity index (χ4v) is 3.69. The summed E-state index contributed by atoms with van der Waals surface area (Å²) in [5.41, 5.74) is 3.18. The minimum absolute atomic E-state index is 0.0497. The zero-order valence-corrected chi connectivity index (χ0v) is 14.8. The zero-order valence-electron chi connectivity index (χ0n) is 14.0. The van der Waals surface area contributed by atoms with Crippen molar-refractivity contribution < 1.29 is 14.0 Å². The lowest BCUT2D eigenvalue weighted by molar-refractivity contribution is -0.131. The van der Waals surface area contributed by atoms with E-state index in [0.29, 0.717) is 17.4 Å². The van der Waals surface area contributed by atoms with E-state index in [1.807, 2.05) is 17.0 Å². The van der Waals surface area contributed by atoms with E-state index >= 15 is 0 Å². The Bertz CT molecular complexity index is 933. The van der Waals surface area contributed by atoms with Crippen LogP contribution >= 0.6 is 11.3 Å². The van der Waals surface area contributed by atoms with Crippen LogP contribution in [0.15, 0.2) is 52.5 Å². The van der Waals surface area contributed by atoms with Crippen molar-refractivity contribution in [2.45, 2.75) is 19.4 Å². The van der Waals surface area contributed by atoms with Crippen LogP contribution in [0.2, 0.25) is 0 Å². The molecular formula is C19H17N3O3S. The second kappa shape index (κ2) is 7.13. The van der Waals surface area contributed by atoms with Crippen LogP contribution in [0.1, 0.15) is 27.4 Å². The Labute approximate surface area is 154 Å². The summed E-state index contributed by atoms with van der Waals surface area (Å²) in [5, 5.41) is 4.94. The van der Waals surface area contributed by atoms with Gasteiger partial charge in [0.25, 0.3) is 5.91 Å². The fraction of sp³-hybridized carbons (Fsp3) is 0.211. The van der Waals surface area contributed by atoms with Crippen molar-refractivity contribution in [1.29, 1.82) is 0 Å². The van der Waals surface area contributed by atoms with Crippen molar-refractivity contribution in [2.75, 3.05) is 11.9 Å². The minimum atomic E-state index is -0.352. The van der Waals surface area contributed by atoms with E-state index in [2.05, 4.69) is 22.4 Å². The molecule has 2 aromatic heterocycles. The van der Waals surface area contributed by atoms with Crippen LogP contribution in [0.4, 0.5) is 5.13 Å². The van der Waals surface area contributed by atoms with Crippen LogP contribution in [0.25, 0.3) is 0 Å². The summed E-state index contributed by atoms with van der Waals surface area (Å²) in [4.78, 5) is 30.7. The molecule has 0 aliphatic carbocycles. The first-order chi connectivity index (χ1) is 12.7. The van der Waals surface area contributed by atoms with Gasteiger partial charge in [0.05, 0.1) is 18.4 Å². The van der Waals surface area contributed by atoms with Gasteiger partial charge in [-0.1, -0.05) is 24.3 Å². The monoisotopic (exact) mass is 367 g/mol. The molecule has 3 heterocycles. The minimum Gasteiger partial charge on any atom is -0.459 e. The molecule has 7 heteroatoms. The van der Waals surface area contributed by atoms with Gasteiger partial charge in [-0.3, -0.25) is 14.9 Å². The number of carbonyl (C=O) groups excluding carboxylic acids is 2. The number of nitrogens with one attached hydrogen (secondary N) is 1. The van der Waals surface area contributed by atoms with Crippen LogP contribution in [-0.2, 0) is 24.2 Å². The zero-order chi connectivity index (χ0) is 17.9. The van der Waals surface area contributed by atoms with Crippen LogP contribution in [-0.4, -0.2) is 28.2 Å². The number of thiazole rings is 1. The smallest absolute Gasteiger partial charge is 0.293 e. The summed E-state index contributed by atoms with van der Waals surface area (Å²) in [6, 6.07) is 11.5. The van der Waals surface area contributed by atoms with Gasteiger partial charge in [0.15, 0.2) is 10.9 Å². The van der Waals surface area contributed by atoms with Crippen molar-refractivity contribution in [3.63, 3.8) is 0 Å². The fourth-order valence-electron chi connectivity index (χ4n) is 2.99. The average molecular weight is 367 g/mol. The molecule has 0 radical (unpaired) electrons. The molecule has 1 N–H and O–H groups in total. The maximum absolute atomic E-state index is 12.6. The largest absolute Gasteiger partial charge is 0.459 e. The third kappa shape index (κ3) is 3.52. The first kappa shape index (κ1) is 16.5. The molecule has 4 rings (SSSR count). The van der Waals surface area contributed by atoms with E-state index in [4.69, 9.17) is 4.42 Å². The Morgan fingerprint density at radius 1 is 1.19 bits per heavy atom. The topological polar surface area (TPSA) is 75.4 Å². The molecule has 1 aliphatic heterocycles. The summed E-state index contributed by atoms with van der Waals surface area (Å²) >= 11 is 1.30. The SMILES string of the molecule is O=C(Nc1nc(CC(=O)N2CCc3ccccc3C2)cs1)c1ccco1. The Hall–Kier alpha value is -2.93. The molecule has 26 heavy (non-hydrogen) atoms. The first-order valence-corrected chi connectivity index (χ1v) is 9.21. The van der Waals surface area contributed by atoms with E-state index in [1.165, 1.54) is 28.7 Å². The molecule has 3 aromatic rings. The lowest BCUT2D eigenvalue weighted by Crippen LogP contribution is -2.36. The summed E-state index contributed by atoms with van der Waals surface area (Å²) in [6.45, 7) is 1.36. The van der Waals surface area contributed by atoms with Gasteiger partial charge in [0.1, 0.15) is 0 Å². The molecule has 0 spiro atoms. The van der Waals surface area contributed by atoms with Crippen molar-refractivity contribution in [3.05, 3.63) is 70.6 Å². The number of furan rings is 1. The van der Waals surface area contributed by atoms with Crippen molar-refractivity contribution >= 4 is 28.3 Å². The number of benzene rings is 1. The first-order valence-electron chi connectivity index (χ1n) is 8.33. The number of nitrogens with zero attached hydrogens (tertiary/aromatic N) is 2. The van der Waals surface area contributed by atoms with Gasteiger partial charge in [-0.15, -0.1) is 11.3 Å². The highest BCUT2D eigenvalue weighted by Crippen LogP contribution is 2.21. The Morgan fingerprint density at radius 3 is 2.85 bits per heavy atom.